The number of rotatable bonds is 5. The summed E-state index contributed by atoms with van der Waals surface area (Å²) in [5, 5.41) is 6.66. The zero-order valence-corrected chi connectivity index (χ0v) is 14.9. The van der Waals surface area contributed by atoms with Crippen LogP contribution in [-0.2, 0) is 11.2 Å². The van der Waals surface area contributed by atoms with E-state index < -0.39 is 0 Å². The molecule has 2 bridgehead atoms. The number of hydrogen-bond acceptors (Lipinski definition) is 3. The molecule has 128 valence electrons. The molecular formula is C18H28ClN3O. The largest absolute Gasteiger partial charge is 0.325 e. The average Bonchev–Trinajstić information content (AvgIpc) is 2.86. The lowest BCUT2D eigenvalue weighted by Crippen LogP contribution is -2.48. The quantitative estimate of drug-likeness (QED) is 0.868. The minimum atomic E-state index is 0. The van der Waals surface area contributed by atoms with Gasteiger partial charge in [0.25, 0.3) is 0 Å². The lowest BCUT2D eigenvalue weighted by atomic mass is 9.98. The van der Waals surface area contributed by atoms with Crippen LogP contribution in [-0.4, -0.2) is 42.5 Å². The van der Waals surface area contributed by atoms with Gasteiger partial charge in [0.15, 0.2) is 0 Å². The second-order valence-corrected chi connectivity index (χ2v) is 6.78. The third kappa shape index (κ3) is 4.69. The lowest BCUT2D eigenvalue weighted by Gasteiger charge is -2.35. The van der Waals surface area contributed by atoms with Gasteiger partial charge in [-0.15, -0.1) is 12.4 Å². The van der Waals surface area contributed by atoms with Gasteiger partial charge in [-0.1, -0.05) is 19.1 Å². The van der Waals surface area contributed by atoms with Gasteiger partial charge in [-0.05, 0) is 56.8 Å². The van der Waals surface area contributed by atoms with Crippen molar-refractivity contribution in [3.05, 3.63) is 29.8 Å². The fraction of sp³-hybridized carbons (Fsp3) is 0.611. The van der Waals surface area contributed by atoms with Crippen LogP contribution < -0.4 is 10.6 Å². The van der Waals surface area contributed by atoms with Crippen LogP contribution in [0.4, 0.5) is 5.69 Å². The zero-order valence-electron chi connectivity index (χ0n) is 14.0. The molecule has 0 aliphatic carbocycles. The Hall–Kier alpha value is -1.10. The number of amides is 1. The average molecular weight is 338 g/mol. The smallest absolute Gasteiger partial charge is 0.238 e. The number of halogens is 1. The van der Waals surface area contributed by atoms with Crippen LogP contribution in [0.2, 0.25) is 0 Å². The number of aryl methyl sites for hydroxylation is 1. The number of nitrogens with zero attached hydrogens (tertiary/aromatic N) is 1. The number of carbonyl (C=O) groups excluding carboxylic acids is 1. The highest BCUT2D eigenvalue weighted by Gasteiger charge is 2.35. The molecule has 3 rings (SSSR count). The van der Waals surface area contributed by atoms with E-state index in [0.29, 0.717) is 24.7 Å². The van der Waals surface area contributed by atoms with Gasteiger partial charge in [0, 0.05) is 23.8 Å². The summed E-state index contributed by atoms with van der Waals surface area (Å²) in [5.41, 5.74) is 2.18. The normalized spacial score (nSPS) is 26.0. The lowest BCUT2D eigenvalue weighted by molar-refractivity contribution is -0.117. The molecule has 5 heteroatoms. The summed E-state index contributed by atoms with van der Waals surface area (Å²) in [6.45, 7) is 2.61. The first-order valence-electron chi connectivity index (χ1n) is 8.49. The fourth-order valence-corrected chi connectivity index (χ4v) is 3.77. The molecular weight excluding hydrogens is 310 g/mol. The SMILES string of the molecule is CCc1ccc(NC(=O)CN(C)C2CC3CCC(C2)N3)cc1.Cl. The maximum atomic E-state index is 12.2. The van der Waals surface area contributed by atoms with E-state index in [4.69, 9.17) is 0 Å². The zero-order chi connectivity index (χ0) is 15.5. The van der Waals surface area contributed by atoms with Gasteiger partial charge in [0.05, 0.1) is 6.54 Å². The Bertz CT molecular complexity index is 508. The minimum Gasteiger partial charge on any atom is -0.325 e. The first kappa shape index (κ1) is 18.2. The summed E-state index contributed by atoms with van der Waals surface area (Å²) in [7, 11) is 2.08. The predicted molar refractivity (Wildman–Crippen MR) is 97.3 cm³/mol. The van der Waals surface area contributed by atoms with Crippen LogP contribution in [0.5, 0.6) is 0 Å². The van der Waals surface area contributed by atoms with E-state index in [9.17, 15) is 4.79 Å². The molecule has 2 saturated heterocycles. The van der Waals surface area contributed by atoms with Crippen LogP contribution in [0.3, 0.4) is 0 Å². The molecule has 1 aromatic rings. The van der Waals surface area contributed by atoms with Gasteiger partial charge >= 0.3 is 0 Å². The number of piperidine rings is 1. The van der Waals surface area contributed by atoms with E-state index in [0.717, 1.165) is 12.1 Å². The van der Waals surface area contributed by atoms with Crippen molar-refractivity contribution in [2.45, 2.75) is 57.2 Å². The molecule has 0 saturated carbocycles. The summed E-state index contributed by atoms with van der Waals surface area (Å²) in [4.78, 5) is 14.5. The fourth-order valence-electron chi connectivity index (χ4n) is 3.77. The van der Waals surface area contributed by atoms with Crippen LogP contribution in [0.1, 0.15) is 38.2 Å². The highest BCUT2D eigenvalue weighted by atomic mass is 35.5. The van der Waals surface area contributed by atoms with E-state index in [1.165, 1.54) is 31.2 Å². The summed E-state index contributed by atoms with van der Waals surface area (Å²) < 4.78 is 0. The van der Waals surface area contributed by atoms with Gasteiger partial charge in [-0.25, -0.2) is 0 Å². The van der Waals surface area contributed by atoms with E-state index in [2.05, 4.69) is 41.6 Å². The van der Waals surface area contributed by atoms with Crippen molar-refractivity contribution in [3.8, 4) is 0 Å². The third-order valence-electron chi connectivity index (χ3n) is 5.11. The van der Waals surface area contributed by atoms with Crippen molar-refractivity contribution in [1.82, 2.24) is 10.2 Å². The molecule has 2 N–H and O–H groups in total. The predicted octanol–water partition coefficient (Wildman–Crippen LogP) is 2.82. The number of benzene rings is 1. The highest BCUT2D eigenvalue weighted by Crippen LogP contribution is 2.29. The number of fused-ring (bicyclic) bond motifs is 2. The Morgan fingerprint density at radius 3 is 2.39 bits per heavy atom. The van der Waals surface area contributed by atoms with E-state index in [-0.39, 0.29) is 18.3 Å². The third-order valence-corrected chi connectivity index (χ3v) is 5.11. The van der Waals surface area contributed by atoms with Crippen LogP contribution >= 0.6 is 12.4 Å². The molecule has 1 amide bonds. The number of anilines is 1. The topological polar surface area (TPSA) is 44.4 Å². The van der Waals surface area contributed by atoms with Gasteiger partial charge in [-0.2, -0.15) is 0 Å². The Balaban J connectivity index is 0.00000192. The number of hydrogen-bond donors (Lipinski definition) is 2. The van der Waals surface area contributed by atoms with E-state index in [1.807, 2.05) is 12.1 Å². The van der Waals surface area contributed by atoms with Crippen molar-refractivity contribution in [1.29, 1.82) is 0 Å². The minimum absolute atomic E-state index is 0. The Morgan fingerprint density at radius 2 is 1.83 bits per heavy atom. The molecule has 0 radical (unpaired) electrons. The van der Waals surface area contributed by atoms with E-state index in [1.54, 1.807) is 0 Å². The molecule has 2 fully saturated rings. The van der Waals surface area contributed by atoms with Crippen molar-refractivity contribution < 1.29 is 4.79 Å². The Kier molecular flexibility index (Phi) is 6.45. The number of carbonyl (C=O) groups is 1. The number of nitrogens with one attached hydrogen (secondary N) is 2. The molecule has 2 atom stereocenters. The second kappa shape index (κ2) is 8.13. The standard InChI is InChI=1S/C18H27N3O.ClH/c1-3-13-4-6-14(7-5-13)20-18(22)12-21(2)17-10-15-8-9-16(11-17)19-15;/h4-7,15-17,19H,3,8-12H2,1-2H3,(H,20,22);1H. The van der Waals surface area contributed by atoms with Gasteiger partial charge in [0.2, 0.25) is 5.91 Å². The van der Waals surface area contributed by atoms with Crippen LogP contribution in [0.15, 0.2) is 24.3 Å². The Morgan fingerprint density at radius 1 is 1.22 bits per heavy atom. The molecule has 0 aromatic heterocycles. The van der Waals surface area contributed by atoms with Crippen LogP contribution in [0, 0.1) is 0 Å². The first-order valence-corrected chi connectivity index (χ1v) is 8.49. The highest BCUT2D eigenvalue weighted by molar-refractivity contribution is 5.92. The first-order chi connectivity index (χ1) is 10.6. The second-order valence-electron chi connectivity index (χ2n) is 6.78. The van der Waals surface area contributed by atoms with Gasteiger partial charge in [-0.3, -0.25) is 9.69 Å². The van der Waals surface area contributed by atoms with Crippen molar-refractivity contribution in [2.75, 3.05) is 18.9 Å². The molecule has 2 aliphatic rings. The molecule has 4 nitrogen and oxygen atoms in total. The maximum Gasteiger partial charge on any atom is 0.238 e. The molecule has 2 heterocycles. The van der Waals surface area contributed by atoms with Gasteiger partial charge in [0.1, 0.15) is 0 Å². The molecule has 2 aliphatic heterocycles. The van der Waals surface area contributed by atoms with Crippen LogP contribution in [0.25, 0.3) is 0 Å². The van der Waals surface area contributed by atoms with Crippen molar-refractivity contribution in [2.24, 2.45) is 0 Å². The maximum absolute atomic E-state index is 12.2. The molecule has 0 spiro atoms. The Labute approximate surface area is 145 Å². The van der Waals surface area contributed by atoms with Crippen molar-refractivity contribution >= 4 is 24.0 Å². The molecule has 1 aromatic carbocycles. The number of likely N-dealkylation sites (N-methyl/N-ethyl adjacent to an activating group) is 1. The summed E-state index contributed by atoms with van der Waals surface area (Å²) in [6.07, 6.45) is 5.96. The summed E-state index contributed by atoms with van der Waals surface area (Å²) in [6, 6.07) is 9.98. The summed E-state index contributed by atoms with van der Waals surface area (Å²) in [5.74, 6) is 0.0811. The molecule has 2 unspecified atom stereocenters. The summed E-state index contributed by atoms with van der Waals surface area (Å²) >= 11 is 0. The van der Waals surface area contributed by atoms with Crippen molar-refractivity contribution in [3.63, 3.8) is 0 Å². The molecule has 23 heavy (non-hydrogen) atoms. The monoisotopic (exact) mass is 337 g/mol. The van der Waals surface area contributed by atoms with E-state index >= 15 is 0 Å². The van der Waals surface area contributed by atoms with Gasteiger partial charge < -0.3 is 10.6 Å².